The maximum Gasteiger partial charge on any atom is 0.0796 e. The molecule has 0 aromatic carbocycles. The van der Waals surface area contributed by atoms with E-state index in [4.69, 9.17) is 0 Å². The number of hydrogen-bond acceptors (Lipinski definition) is 3. The molecule has 0 saturated carbocycles. The van der Waals surface area contributed by atoms with Crippen LogP contribution in [0.4, 0.5) is 0 Å². The van der Waals surface area contributed by atoms with Crippen molar-refractivity contribution in [3.05, 3.63) is 67.4 Å². The minimum atomic E-state index is 0. The van der Waals surface area contributed by atoms with E-state index in [0.29, 0.717) is 0 Å². The molecule has 0 spiro atoms. The quantitative estimate of drug-likeness (QED) is 0.694. The Labute approximate surface area is 139 Å². The molecular weight excluding hydrogens is 361 g/mol. The molecule has 0 N–H and O–H groups in total. The van der Waals surface area contributed by atoms with Gasteiger partial charge < -0.3 is 0 Å². The zero-order valence-corrected chi connectivity index (χ0v) is 13.9. The van der Waals surface area contributed by atoms with Crippen molar-refractivity contribution in [1.82, 2.24) is 15.0 Å². The fourth-order valence-electron chi connectivity index (χ4n) is 1.89. The van der Waals surface area contributed by atoms with E-state index in [1.807, 2.05) is 48.8 Å². The predicted molar refractivity (Wildman–Crippen MR) is 70.7 cm³/mol. The van der Waals surface area contributed by atoms with Crippen molar-refractivity contribution in [3.8, 4) is 22.4 Å². The summed E-state index contributed by atoms with van der Waals surface area (Å²) in [5.41, 5.74) is 4.07. The summed E-state index contributed by atoms with van der Waals surface area (Å²) in [6.07, 6.45) is 8.99. The first kappa shape index (κ1) is 14.1. The molecule has 3 heterocycles. The van der Waals surface area contributed by atoms with E-state index in [0.717, 1.165) is 22.4 Å². The molecule has 0 fully saturated rings. The van der Waals surface area contributed by atoms with Crippen LogP contribution in [0.1, 0.15) is 0 Å². The molecule has 19 heavy (non-hydrogen) atoms. The fourth-order valence-corrected chi connectivity index (χ4v) is 1.89. The standard InChI is InChI=1S/C15H11N3.La/c1-4-12(10-16-7-1)14-6-3-9-18-15(14)13-5-2-8-17-11-13;/h1-11H;. The van der Waals surface area contributed by atoms with Crippen LogP contribution >= 0.6 is 0 Å². The number of rotatable bonds is 2. The van der Waals surface area contributed by atoms with Gasteiger partial charge in [0.05, 0.1) is 5.69 Å². The first-order valence-electron chi connectivity index (χ1n) is 5.71. The van der Waals surface area contributed by atoms with Gasteiger partial charge in [-0.2, -0.15) is 0 Å². The van der Waals surface area contributed by atoms with E-state index in [2.05, 4.69) is 15.0 Å². The molecule has 0 unspecified atom stereocenters. The monoisotopic (exact) mass is 372 g/mol. The second-order valence-electron chi connectivity index (χ2n) is 3.88. The van der Waals surface area contributed by atoms with Gasteiger partial charge in [-0.25, -0.2) is 0 Å². The Kier molecular flexibility index (Phi) is 4.96. The average Bonchev–Trinajstić information content (AvgIpc) is 2.49. The summed E-state index contributed by atoms with van der Waals surface area (Å²) in [5, 5.41) is 0. The molecule has 1 radical (unpaired) electrons. The summed E-state index contributed by atoms with van der Waals surface area (Å²) in [6.45, 7) is 0. The Morgan fingerprint density at radius 2 is 1.32 bits per heavy atom. The molecule has 0 aliphatic rings. The number of aromatic nitrogens is 3. The van der Waals surface area contributed by atoms with Crippen LogP contribution in [0.2, 0.25) is 0 Å². The van der Waals surface area contributed by atoms with Crippen LogP contribution in [-0.2, 0) is 0 Å². The second-order valence-corrected chi connectivity index (χ2v) is 3.88. The summed E-state index contributed by atoms with van der Waals surface area (Å²) in [7, 11) is 0. The largest absolute Gasteiger partial charge is 0.264 e. The van der Waals surface area contributed by atoms with Crippen molar-refractivity contribution in [3.63, 3.8) is 0 Å². The van der Waals surface area contributed by atoms with Crippen LogP contribution in [0.5, 0.6) is 0 Å². The molecule has 3 aromatic rings. The van der Waals surface area contributed by atoms with Gasteiger partial charge in [-0.05, 0) is 24.3 Å². The van der Waals surface area contributed by atoms with E-state index in [1.54, 1.807) is 18.6 Å². The Morgan fingerprint density at radius 3 is 1.95 bits per heavy atom. The molecule has 0 bridgehead atoms. The summed E-state index contributed by atoms with van der Waals surface area (Å²) in [6, 6.07) is 11.9. The van der Waals surface area contributed by atoms with Crippen LogP contribution in [0.3, 0.4) is 0 Å². The van der Waals surface area contributed by atoms with E-state index in [-0.39, 0.29) is 35.6 Å². The van der Waals surface area contributed by atoms with Gasteiger partial charge in [0.2, 0.25) is 0 Å². The number of pyridine rings is 3. The van der Waals surface area contributed by atoms with Gasteiger partial charge in [-0.3, -0.25) is 15.0 Å². The molecule has 3 nitrogen and oxygen atoms in total. The minimum absolute atomic E-state index is 0. The summed E-state index contributed by atoms with van der Waals surface area (Å²) < 4.78 is 0. The van der Waals surface area contributed by atoms with Crippen molar-refractivity contribution >= 4 is 0 Å². The van der Waals surface area contributed by atoms with Crippen molar-refractivity contribution in [1.29, 1.82) is 0 Å². The zero-order chi connectivity index (χ0) is 12.2. The van der Waals surface area contributed by atoms with Crippen LogP contribution in [0, 0.1) is 35.6 Å². The third kappa shape index (κ3) is 3.15. The average molecular weight is 372 g/mol. The van der Waals surface area contributed by atoms with E-state index in [1.165, 1.54) is 0 Å². The van der Waals surface area contributed by atoms with Gasteiger partial charge in [0.25, 0.3) is 0 Å². The van der Waals surface area contributed by atoms with Gasteiger partial charge in [-0.15, -0.1) is 0 Å². The summed E-state index contributed by atoms with van der Waals surface area (Å²) in [4.78, 5) is 12.8. The SMILES string of the molecule is [La].c1cncc(-c2cccnc2-c2cccnc2)c1. The predicted octanol–water partition coefficient (Wildman–Crippen LogP) is 3.21. The first-order chi connectivity index (χ1) is 8.95. The van der Waals surface area contributed by atoms with Crippen LogP contribution in [0.25, 0.3) is 22.4 Å². The molecule has 89 valence electrons. The molecule has 3 rings (SSSR count). The smallest absolute Gasteiger partial charge is 0.0796 e. The molecule has 0 aliphatic heterocycles. The number of hydrogen-bond donors (Lipinski definition) is 0. The molecule has 4 heteroatoms. The second kappa shape index (κ2) is 6.71. The molecule has 0 atom stereocenters. The van der Waals surface area contributed by atoms with Gasteiger partial charge in [0.15, 0.2) is 0 Å². The van der Waals surface area contributed by atoms with E-state index in [9.17, 15) is 0 Å². The van der Waals surface area contributed by atoms with Crippen molar-refractivity contribution in [2.24, 2.45) is 0 Å². The molecule has 0 amide bonds. The molecule has 0 aliphatic carbocycles. The van der Waals surface area contributed by atoms with E-state index < -0.39 is 0 Å². The summed E-state index contributed by atoms with van der Waals surface area (Å²) >= 11 is 0. The maximum absolute atomic E-state index is 4.46. The van der Waals surface area contributed by atoms with Crippen molar-refractivity contribution < 1.29 is 35.6 Å². The topological polar surface area (TPSA) is 38.7 Å². The van der Waals surface area contributed by atoms with Crippen molar-refractivity contribution in [2.45, 2.75) is 0 Å². The Hall–Kier alpha value is -1.36. The normalized spacial score (nSPS) is 9.68. The minimum Gasteiger partial charge on any atom is -0.264 e. The zero-order valence-electron chi connectivity index (χ0n) is 10.3. The molecule has 0 saturated heterocycles. The number of nitrogens with zero attached hydrogens (tertiary/aromatic N) is 3. The Morgan fingerprint density at radius 1 is 0.684 bits per heavy atom. The van der Waals surface area contributed by atoms with Gasteiger partial charge >= 0.3 is 0 Å². The third-order valence-corrected chi connectivity index (χ3v) is 2.72. The molecule has 3 aromatic heterocycles. The van der Waals surface area contributed by atoms with Crippen molar-refractivity contribution in [2.75, 3.05) is 0 Å². The van der Waals surface area contributed by atoms with Gasteiger partial charge in [-0.1, -0.05) is 12.1 Å². The fraction of sp³-hybridized carbons (Fsp3) is 0. The maximum atomic E-state index is 4.46. The Balaban J connectivity index is 0.00000133. The summed E-state index contributed by atoms with van der Waals surface area (Å²) in [5.74, 6) is 0. The molecular formula is C15H11LaN3. The van der Waals surface area contributed by atoms with Gasteiger partial charge in [0, 0.05) is 83.3 Å². The first-order valence-corrected chi connectivity index (χ1v) is 5.71. The van der Waals surface area contributed by atoms with E-state index >= 15 is 0 Å². The van der Waals surface area contributed by atoms with Crippen LogP contribution < -0.4 is 0 Å². The Bertz CT molecular complexity index is 583. The third-order valence-electron chi connectivity index (χ3n) is 2.72. The van der Waals surface area contributed by atoms with Gasteiger partial charge in [0.1, 0.15) is 0 Å². The van der Waals surface area contributed by atoms with Crippen LogP contribution in [0.15, 0.2) is 67.4 Å². The van der Waals surface area contributed by atoms with Crippen LogP contribution in [-0.4, -0.2) is 15.0 Å².